The van der Waals surface area contributed by atoms with E-state index in [9.17, 15) is 5.26 Å². The molecule has 3 rings (SSSR count). The van der Waals surface area contributed by atoms with Gasteiger partial charge in [0.1, 0.15) is 11.9 Å². The first-order valence-electron chi connectivity index (χ1n) is 8.09. The minimum absolute atomic E-state index is 0.672. The van der Waals surface area contributed by atoms with Crippen molar-refractivity contribution in [1.29, 1.82) is 5.26 Å². The third-order valence-electron chi connectivity index (χ3n) is 4.36. The lowest BCUT2D eigenvalue weighted by Crippen LogP contribution is -2.48. The van der Waals surface area contributed by atoms with Gasteiger partial charge in [0.05, 0.1) is 11.1 Å². The lowest BCUT2D eigenvalue weighted by molar-refractivity contribution is 0.229. The maximum absolute atomic E-state index is 9.47. The highest BCUT2D eigenvalue weighted by Crippen LogP contribution is 2.24. The first-order valence-corrected chi connectivity index (χ1v) is 8.09. The Morgan fingerprint density at radius 3 is 2.61 bits per heavy atom. The van der Waals surface area contributed by atoms with Crippen LogP contribution in [0.25, 0.3) is 10.9 Å². The van der Waals surface area contributed by atoms with Crippen LogP contribution in [0, 0.1) is 11.3 Å². The number of hydrogen-bond acceptors (Lipinski definition) is 5. The number of likely N-dealkylation sites (N-methyl/N-ethyl adjacent to an activating group) is 1. The number of aromatic nitrogens is 1. The summed E-state index contributed by atoms with van der Waals surface area (Å²) in [6.07, 6.45) is 0. The van der Waals surface area contributed by atoms with Crippen molar-refractivity contribution in [1.82, 2.24) is 14.8 Å². The van der Waals surface area contributed by atoms with Crippen LogP contribution in [0.4, 0.5) is 5.82 Å². The molecule has 23 heavy (non-hydrogen) atoms. The van der Waals surface area contributed by atoms with Gasteiger partial charge in [-0.15, -0.1) is 0 Å². The Morgan fingerprint density at radius 1 is 1.17 bits per heavy atom. The van der Waals surface area contributed by atoms with Crippen LogP contribution in [-0.4, -0.2) is 68.1 Å². The van der Waals surface area contributed by atoms with Crippen molar-refractivity contribution < 1.29 is 0 Å². The van der Waals surface area contributed by atoms with E-state index in [-0.39, 0.29) is 0 Å². The van der Waals surface area contributed by atoms with Crippen molar-refractivity contribution in [3.8, 4) is 6.07 Å². The molecule has 0 radical (unpaired) electrons. The van der Waals surface area contributed by atoms with Crippen LogP contribution in [-0.2, 0) is 0 Å². The maximum atomic E-state index is 9.47. The highest BCUT2D eigenvalue weighted by molar-refractivity contribution is 5.83. The zero-order chi connectivity index (χ0) is 16.2. The molecule has 2 heterocycles. The molecule has 0 amide bonds. The predicted octanol–water partition coefficient (Wildman–Crippen LogP) is 1.79. The molecule has 0 bridgehead atoms. The molecule has 5 heteroatoms. The van der Waals surface area contributed by atoms with Gasteiger partial charge in [-0.05, 0) is 26.2 Å². The Bertz CT molecular complexity index is 711. The summed E-state index contributed by atoms with van der Waals surface area (Å²) in [6.45, 7) is 6.07. The Balaban J connectivity index is 1.75. The lowest BCUT2D eigenvalue weighted by atomic mass is 10.1. The number of anilines is 1. The molecule has 0 unspecified atom stereocenters. The average molecular weight is 309 g/mol. The Kier molecular flexibility index (Phi) is 4.75. The van der Waals surface area contributed by atoms with Gasteiger partial charge in [-0.2, -0.15) is 5.26 Å². The number of fused-ring (bicyclic) bond motifs is 1. The van der Waals surface area contributed by atoms with Crippen LogP contribution in [0.1, 0.15) is 5.56 Å². The van der Waals surface area contributed by atoms with E-state index in [0.717, 1.165) is 56.0 Å². The fraction of sp³-hybridized carbons (Fsp3) is 0.444. The largest absolute Gasteiger partial charge is 0.353 e. The van der Waals surface area contributed by atoms with Crippen LogP contribution in [0.5, 0.6) is 0 Å². The number of nitriles is 1. The first-order chi connectivity index (χ1) is 11.2. The van der Waals surface area contributed by atoms with Gasteiger partial charge in [-0.1, -0.05) is 18.2 Å². The third kappa shape index (κ3) is 3.61. The molecule has 0 spiro atoms. The van der Waals surface area contributed by atoms with Crippen LogP contribution in [0.15, 0.2) is 30.3 Å². The zero-order valence-electron chi connectivity index (χ0n) is 13.9. The molecule has 5 nitrogen and oxygen atoms in total. The van der Waals surface area contributed by atoms with Crippen molar-refractivity contribution in [2.45, 2.75) is 0 Å². The van der Waals surface area contributed by atoms with E-state index in [4.69, 9.17) is 4.98 Å². The van der Waals surface area contributed by atoms with Gasteiger partial charge in [-0.25, -0.2) is 4.98 Å². The number of benzene rings is 1. The quantitative estimate of drug-likeness (QED) is 0.862. The van der Waals surface area contributed by atoms with E-state index in [1.54, 1.807) is 0 Å². The van der Waals surface area contributed by atoms with E-state index >= 15 is 0 Å². The van der Waals surface area contributed by atoms with Crippen LogP contribution in [0.3, 0.4) is 0 Å². The van der Waals surface area contributed by atoms with Crippen molar-refractivity contribution in [2.24, 2.45) is 0 Å². The molecular weight excluding hydrogens is 286 g/mol. The summed E-state index contributed by atoms with van der Waals surface area (Å²) >= 11 is 0. The van der Waals surface area contributed by atoms with Gasteiger partial charge in [0.2, 0.25) is 0 Å². The number of hydrogen-bond donors (Lipinski definition) is 0. The number of piperazine rings is 1. The van der Waals surface area contributed by atoms with Crippen LogP contribution in [0.2, 0.25) is 0 Å². The molecule has 0 aliphatic carbocycles. The highest BCUT2D eigenvalue weighted by Gasteiger charge is 2.20. The monoisotopic (exact) mass is 309 g/mol. The highest BCUT2D eigenvalue weighted by atomic mass is 15.3. The maximum Gasteiger partial charge on any atom is 0.147 e. The summed E-state index contributed by atoms with van der Waals surface area (Å²) in [5.41, 5.74) is 1.63. The van der Waals surface area contributed by atoms with E-state index in [1.807, 2.05) is 30.3 Å². The molecule has 1 fully saturated rings. The van der Waals surface area contributed by atoms with Crippen LogP contribution >= 0.6 is 0 Å². The second-order valence-electron chi connectivity index (χ2n) is 6.30. The Morgan fingerprint density at radius 2 is 1.91 bits per heavy atom. The summed E-state index contributed by atoms with van der Waals surface area (Å²) in [5.74, 6) is 0.832. The van der Waals surface area contributed by atoms with Gasteiger partial charge >= 0.3 is 0 Å². The van der Waals surface area contributed by atoms with E-state index in [0.29, 0.717) is 5.56 Å². The second kappa shape index (κ2) is 6.95. The normalized spacial score (nSPS) is 16.0. The Labute approximate surface area is 137 Å². The van der Waals surface area contributed by atoms with Gasteiger partial charge in [0.15, 0.2) is 0 Å². The molecule has 120 valence electrons. The summed E-state index contributed by atoms with van der Waals surface area (Å²) in [4.78, 5) is 11.7. The van der Waals surface area contributed by atoms with Gasteiger partial charge in [0.25, 0.3) is 0 Å². The van der Waals surface area contributed by atoms with Crippen LogP contribution < -0.4 is 4.90 Å². The molecule has 2 aromatic rings. The summed E-state index contributed by atoms with van der Waals surface area (Å²) in [6, 6.07) is 12.3. The topological polar surface area (TPSA) is 46.4 Å². The van der Waals surface area contributed by atoms with Crippen molar-refractivity contribution in [3.05, 3.63) is 35.9 Å². The first kappa shape index (κ1) is 15.7. The fourth-order valence-corrected chi connectivity index (χ4v) is 2.95. The second-order valence-corrected chi connectivity index (χ2v) is 6.30. The van der Waals surface area contributed by atoms with Gasteiger partial charge in [0, 0.05) is 44.7 Å². The summed E-state index contributed by atoms with van der Waals surface area (Å²) in [7, 11) is 4.21. The van der Waals surface area contributed by atoms with E-state index in [2.05, 4.69) is 34.9 Å². The predicted molar refractivity (Wildman–Crippen MR) is 93.7 cm³/mol. The van der Waals surface area contributed by atoms with Crippen molar-refractivity contribution >= 4 is 16.7 Å². The number of pyridine rings is 1. The molecule has 0 saturated carbocycles. The van der Waals surface area contributed by atoms with E-state index in [1.165, 1.54) is 0 Å². The number of para-hydroxylation sites is 1. The van der Waals surface area contributed by atoms with Gasteiger partial charge in [-0.3, -0.25) is 4.90 Å². The Hall–Kier alpha value is -2.16. The smallest absolute Gasteiger partial charge is 0.147 e. The third-order valence-corrected chi connectivity index (χ3v) is 4.36. The minimum atomic E-state index is 0.672. The van der Waals surface area contributed by atoms with Gasteiger partial charge < -0.3 is 9.80 Å². The lowest BCUT2D eigenvalue weighted by Gasteiger charge is -2.36. The van der Waals surface area contributed by atoms with Crippen molar-refractivity contribution in [3.63, 3.8) is 0 Å². The molecule has 1 saturated heterocycles. The molecule has 1 aliphatic heterocycles. The standard InChI is InChI=1S/C18H23N5/c1-21(2)7-8-22-9-11-23(12-10-22)18-16(14-19)13-15-5-3-4-6-17(15)20-18/h3-6,13H,7-12H2,1-2H3. The molecule has 0 N–H and O–H groups in total. The molecule has 0 atom stereocenters. The fourth-order valence-electron chi connectivity index (χ4n) is 2.95. The molecular formula is C18H23N5. The average Bonchev–Trinajstić information content (AvgIpc) is 2.59. The number of nitrogens with zero attached hydrogens (tertiary/aromatic N) is 5. The molecule has 1 aromatic heterocycles. The zero-order valence-corrected chi connectivity index (χ0v) is 13.9. The minimum Gasteiger partial charge on any atom is -0.353 e. The molecule has 1 aromatic carbocycles. The summed E-state index contributed by atoms with van der Waals surface area (Å²) < 4.78 is 0. The van der Waals surface area contributed by atoms with Crippen molar-refractivity contribution in [2.75, 3.05) is 58.3 Å². The summed E-state index contributed by atoms with van der Waals surface area (Å²) in [5, 5.41) is 10.5. The van der Waals surface area contributed by atoms with E-state index < -0.39 is 0 Å². The SMILES string of the molecule is CN(C)CCN1CCN(c2nc3ccccc3cc2C#N)CC1. The molecule has 1 aliphatic rings. The number of rotatable bonds is 4.